The molecule has 0 saturated carbocycles. The molecule has 2 N–H and O–H groups in total. The minimum Gasteiger partial charge on any atom is -0.378 e. The van der Waals surface area contributed by atoms with Crippen LogP contribution in [0.4, 0.5) is 24.7 Å². The molecule has 4 heterocycles. The fourth-order valence-electron chi connectivity index (χ4n) is 4.50. The van der Waals surface area contributed by atoms with Crippen LogP contribution in [-0.2, 0) is 15.7 Å². The largest absolute Gasteiger partial charge is 0.423 e. The molecule has 4 rings (SSSR count). The number of alkyl halides is 3. The number of hydrogen-bond donors (Lipinski definition) is 2. The number of amides is 1. The molecule has 2 fully saturated rings. The Morgan fingerprint density at radius 2 is 1.94 bits per heavy atom. The van der Waals surface area contributed by atoms with E-state index < -0.39 is 35.1 Å². The van der Waals surface area contributed by atoms with Crippen molar-refractivity contribution in [3.63, 3.8) is 0 Å². The van der Waals surface area contributed by atoms with Crippen LogP contribution in [0.2, 0.25) is 0 Å². The lowest BCUT2D eigenvalue weighted by molar-refractivity contribution is -0.139. The van der Waals surface area contributed by atoms with Gasteiger partial charge in [-0.2, -0.15) is 23.5 Å². The van der Waals surface area contributed by atoms with Gasteiger partial charge in [0.05, 0.1) is 30.9 Å². The van der Waals surface area contributed by atoms with Gasteiger partial charge in [0.2, 0.25) is 0 Å². The van der Waals surface area contributed by atoms with Gasteiger partial charge in [-0.1, -0.05) is 0 Å². The number of aromatic nitrogens is 4. The molecule has 2 aliphatic heterocycles. The minimum absolute atomic E-state index is 0.0237. The van der Waals surface area contributed by atoms with Crippen molar-refractivity contribution < 1.29 is 22.7 Å². The van der Waals surface area contributed by atoms with E-state index in [1.165, 1.54) is 6.20 Å². The van der Waals surface area contributed by atoms with Gasteiger partial charge in [0.15, 0.2) is 5.69 Å². The van der Waals surface area contributed by atoms with Gasteiger partial charge in [-0.25, -0.2) is 15.1 Å². The van der Waals surface area contributed by atoms with Gasteiger partial charge < -0.3 is 19.9 Å². The van der Waals surface area contributed by atoms with Crippen LogP contribution in [0.1, 0.15) is 37.4 Å². The number of carbonyl (C=O) groups is 1. The molecular weight excluding hydrogens is 481 g/mol. The van der Waals surface area contributed by atoms with E-state index >= 15 is 0 Å². The summed E-state index contributed by atoms with van der Waals surface area (Å²) in [6.07, 6.45) is 0.367. The van der Waals surface area contributed by atoms with Gasteiger partial charge in [-0.05, 0) is 19.8 Å². The third kappa shape index (κ3) is 5.56. The SMILES string of the molecule is CC(CO[C@@H]1CCN(C2CCN(c3cnc(C#N)cn3)CC2)C1=O)Nc1cn[nH]c(=O)c1C(F)(F)F. The molecule has 2 atom stereocenters. The summed E-state index contributed by atoms with van der Waals surface area (Å²) in [5.41, 5.74) is -2.88. The average molecular weight is 506 g/mol. The van der Waals surface area contributed by atoms with Crippen LogP contribution in [-0.4, -0.2) is 75.4 Å². The molecular formula is C22H25F3N8O3. The van der Waals surface area contributed by atoms with E-state index in [9.17, 15) is 22.8 Å². The number of halogens is 3. The number of hydrogen-bond acceptors (Lipinski definition) is 9. The lowest BCUT2D eigenvalue weighted by Crippen LogP contribution is -2.47. The molecule has 2 saturated heterocycles. The van der Waals surface area contributed by atoms with E-state index in [0.29, 0.717) is 31.9 Å². The number of piperidine rings is 1. The summed E-state index contributed by atoms with van der Waals surface area (Å²) in [7, 11) is 0. The highest BCUT2D eigenvalue weighted by Crippen LogP contribution is 2.32. The van der Waals surface area contributed by atoms with Crippen molar-refractivity contribution in [2.75, 3.05) is 36.5 Å². The summed E-state index contributed by atoms with van der Waals surface area (Å²) in [6.45, 7) is 3.49. The summed E-state index contributed by atoms with van der Waals surface area (Å²) in [4.78, 5) is 36.7. The predicted octanol–water partition coefficient (Wildman–Crippen LogP) is 1.54. The summed E-state index contributed by atoms with van der Waals surface area (Å²) in [5, 5.41) is 16.7. The van der Waals surface area contributed by atoms with E-state index in [0.717, 1.165) is 19.0 Å². The molecule has 0 aliphatic carbocycles. The van der Waals surface area contributed by atoms with Gasteiger partial charge in [0.1, 0.15) is 23.6 Å². The summed E-state index contributed by atoms with van der Waals surface area (Å²) < 4.78 is 45.4. The second-order valence-corrected chi connectivity index (χ2v) is 8.76. The standard InChI is InChI=1S/C22H25F3N8O3/c1-13(30-16-10-29-31-20(34)19(16)22(23,24)25)12-36-17-4-7-33(21(17)35)15-2-5-32(6-3-15)18-11-27-14(8-26)9-28-18/h9-11,13,15,17H,2-7,12H2,1H3,(H2,30,31,34)/t13?,17-/m1/s1. The number of nitrogens with zero attached hydrogens (tertiary/aromatic N) is 6. The Labute approximate surface area is 204 Å². The first kappa shape index (κ1) is 25.4. The number of aromatic amines is 1. The maximum absolute atomic E-state index is 13.2. The topological polar surface area (TPSA) is 140 Å². The normalized spacial score (nSPS) is 19.9. The molecule has 2 aromatic rings. The van der Waals surface area contributed by atoms with E-state index in [4.69, 9.17) is 10.00 Å². The maximum Gasteiger partial charge on any atom is 0.423 e. The third-order valence-corrected chi connectivity index (χ3v) is 6.26. The lowest BCUT2D eigenvalue weighted by Gasteiger charge is -2.37. The zero-order chi connectivity index (χ0) is 25.9. The van der Waals surface area contributed by atoms with Crippen molar-refractivity contribution in [3.8, 4) is 6.07 Å². The molecule has 192 valence electrons. The van der Waals surface area contributed by atoms with Crippen molar-refractivity contribution in [1.29, 1.82) is 5.26 Å². The van der Waals surface area contributed by atoms with Gasteiger partial charge >= 0.3 is 6.18 Å². The van der Waals surface area contributed by atoms with Gasteiger partial charge in [-0.15, -0.1) is 0 Å². The van der Waals surface area contributed by atoms with Gasteiger partial charge in [-0.3, -0.25) is 9.59 Å². The Morgan fingerprint density at radius 3 is 2.58 bits per heavy atom. The van der Waals surface area contributed by atoms with Crippen LogP contribution in [0.5, 0.6) is 0 Å². The zero-order valence-electron chi connectivity index (χ0n) is 19.5. The molecule has 11 nitrogen and oxygen atoms in total. The number of anilines is 2. The molecule has 1 unspecified atom stereocenters. The van der Waals surface area contributed by atoms with E-state index in [2.05, 4.69) is 25.3 Å². The summed E-state index contributed by atoms with van der Waals surface area (Å²) in [6, 6.07) is 1.39. The lowest BCUT2D eigenvalue weighted by atomic mass is 10.0. The molecule has 0 bridgehead atoms. The molecule has 14 heteroatoms. The summed E-state index contributed by atoms with van der Waals surface area (Å²) in [5.74, 6) is 0.555. The molecule has 0 radical (unpaired) electrons. The molecule has 0 aromatic carbocycles. The number of ether oxygens (including phenoxy) is 1. The van der Waals surface area contributed by atoms with Crippen LogP contribution in [0.15, 0.2) is 23.4 Å². The number of rotatable bonds is 7. The fraction of sp³-hybridized carbons (Fsp3) is 0.545. The predicted molar refractivity (Wildman–Crippen MR) is 121 cm³/mol. The Balaban J connectivity index is 1.27. The minimum atomic E-state index is -4.84. The highest BCUT2D eigenvalue weighted by Gasteiger charge is 2.39. The average Bonchev–Trinajstić information content (AvgIpc) is 3.22. The maximum atomic E-state index is 13.2. The third-order valence-electron chi connectivity index (χ3n) is 6.26. The smallest absolute Gasteiger partial charge is 0.378 e. The van der Waals surface area contributed by atoms with E-state index in [1.54, 1.807) is 18.2 Å². The van der Waals surface area contributed by atoms with Crippen molar-refractivity contribution in [3.05, 3.63) is 40.2 Å². The van der Waals surface area contributed by atoms with Crippen molar-refractivity contribution in [2.45, 2.75) is 50.6 Å². The fourth-order valence-corrected chi connectivity index (χ4v) is 4.50. The first-order valence-corrected chi connectivity index (χ1v) is 11.5. The van der Waals surface area contributed by atoms with Gasteiger partial charge in [0, 0.05) is 38.1 Å². The molecule has 2 aromatic heterocycles. The summed E-state index contributed by atoms with van der Waals surface area (Å²) >= 11 is 0. The second-order valence-electron chi connectivity index (χ2n) is 8.76. The number of nitrogens with one attached hydrogen (secondary N) is 2. The van der Waals surface area contributed by atoms with Crippen LogP contribution < -0.4 is 15.8 Å². The van der Waals surface area contributed by atoms with Crippen molar-refractivity contribution >= 4 is 17.4 Å². The van der Waals surface area contributed by atoms with Crippen LogP contribution in [0, 0.1) is 11.3 Å². The Hall–Kier alpha value is -3.73. The van der Waals surface area contributed by atoms with Crippen LogP contribution >= 0.6 is 0 Å². The van der Waals surface area contributed by atoms with E-state index in [1.807, 2.05) is 11.0 Å². The van der Waals surface area contributed by atoms with Crippen molar-refractivity contribution in [1.82, 2.24) is 25.1 Å². The Bertz CT molecular complexity index is 1170. The Kier molecular flexibility index (Phi) is 7.39. The highest BCUT2D eigenvalue weighted by molar-refractivity contribution is 5.83. The molecule has 1 amide bonds. The quantitative estimate of drug-likeness (QED) is 0.572. The first-order chi connectivity index (χ1) is 17.2. The number of likely N-dealkylation sites (tertiary alicyclic amines) is 1. The molecule has 0 spiro atoms. The number of carbonyl (C=O) groups excluding carboxylic acids is 1. The van der Waals surface area contributed by atoms with E-state index in [-0.39, 0.29) is 24.2 Å². The number of nitriles is 1. The highest BCUT2D eigenvalue weighted by atomic mass is 19.4. The Morgan fingerprint density at radius 1 is 1.19 bits per heavy atom. The monoisotopic (exact) mass is 506 g/mol. The zero-order valence-corrected chi connectivity index (χ0v) is 19.5. The van der Waals surface area contributed by atoms with Gasteiger partial charge in [0.25, 0.3) is 11.5 Å². The van der Waals surface area contributed by atoms with Crippen LogP contribution in [0.3, 0.4) is 0 Å². The molecule has 36 heavy (non-hydrogen) atoms. The molecule has 2 aliphatic rings. The first-order valence-electron chi connectivity index (χ1n) is 11.5. The second kappa shape index (κ2) is 10.5. The van der Waals surface area contributed by atoms with Crippen LogP contribution in [0.25, 0.3) is 0 Å². The number of H-pyrrole nitrogens is 1. The van der Waals surface area contributed by atoms with Crippen molar-refractivity contribution in [2.24, 2.45) is 0 Å².